The molecule has 2 aliphatic rings. The Kier molecular flexibility index (Phi) is 3.85. The van der Waals surface area contributed by atoms with E-state index in [0.717, 1.165) is 42.0 Å². The summed E-state index contributed by atoms with van der Waals surface area (Å²) in [5.74, 6) is 0.228. The Morgan fingerprint density at radius 2 is 2.30 bits per heavy atom. The van der Waals surface area contributed by atoms with E-state index in [1.54, 1.807) is 4.90 Å². The summed E-state index contributed by atoms with van der Waals surface area (Å²) in [5, 5.41) is 13.0. The van der Waals surface area contributed by atoms with Crippen LogP contribution in [0.5, 0.6) is 0 Å². The monoisotopic (exact) mass is 294 g/mol. The maximum atomic E-state index is 12.3. The van der Waals surface area contributed by atoms with Crippen LogP contribution in [0.15, 0.2) is 18.2 Å². The molecule has 20 heavy (non-hydrogen) atoms. The Labute approximate surface area is 123 Å². The van der Waals surface area contributed by atoms with Crippen LogP contribution < -0.4 is 5.32 Å². The predicted molar refractivity (Wildman–Crippen MR) is 77.8 cm³/mol. The highest BCUT2D eigenvalue weighted by Crippen LogP contribution is 2.35. The number of rotatable bonds is 2. The molecule has 2 unspecified atom stereocenters. The number of nitrogens with one attached hydrogen (secondary N) is 1. The second-order valence-electron chi connectivity index (χ2n) is 5.63. The number of halogens is 1. The molecule has 0 saturated carbocycles. The maximum absolute atomic E-state index is 12.3. The molecule has 2 N–H and O–H groups in total. The lowest BCUT2D eigenvalue weighted by molar-refractivity contribution is 0.195. The van der Waals surface area contributed by atoms with E-state index in [9.17, 15) is 4.79 Å². The fourth-order valence-corrected chi connectivity index (χ4v) is 3.44. The van der Waals surface area contributed by atoms with Crippen LogP contribution in [0.1, 0.15) is 30.0 Å². The molecule has 0 bridgehead atoms. The van der Waals surface area contributed by atoms with Gasteiger partial charge in [-0.15, -0.1) is 0 Å². The highest BCUT2D eigenvalue weighted by atomic mass is 35.5. The van der Waals surface area contributed by atoms with Crippen molar-refractivity contribution < 1.29 is 9.90 Å². The van der Waals surface area contributed by atoms with E-state index in [1.165, 1.54) is 0 Å². The first-order chi connectivity index (χ1) is 9.69. The van der Waals surface area contributed by atoms with Crippen LogP contribution in [0.2, 0.25) is 5.02 Å². The Bertz CT molecular complexity index is 521. The molecular weight excluding hydrogens is 276 g/mol. The van der Waals surface area contributed by atoms with Crippen molar-refractivity contribution in [2.45, 2.75) is 25.3 Å². The number of carbonyl (C=O) groups excluding carboxylic acids is 1. The van der Waals surface area contributed by atoms with Gasteiger partial charge in [0.15, 0.2) is 0 Å². The van der Waals surface area contributed by atoms with Gasteiger partial charge >= 0.3 is 6.03 Å². The van der Waals surface area contributed by atoms with Gasteiger partial charge < -0.3 is 15.3 Å². The van der Waals surface area contributed by atoms with Crippen LogP contribution in [-0.2, 0) is 6.42 Å². The first-order valence-corrected chi connectivity index (χ1v) is 7.50. The van der Waals surface area contributed by atoms with Gasteiger partial charge in [0.1, 0.15) is 0 Å². The minimum absolute atomic E-state index is 0.0289. The van der Waals surface area contributed by atoms with Crippen LogP contribution in [0.4, 0.5) is 4.79 Å². The Balaban J connectivity index is 1.66. The number of hydrogen-bond acceptors (Lipinski definition) is 2. The number of amides is 2. The van der Waals surface area contributed by atoms with Crippen LogP contribution >= 0.6 is 11.6 Å². The van der Waals surface area contributed by atoms with Gasteiger partial charge in [0.25, 0.3) is 0 Å². The summed E-state index contributed by atoms with van der Waals surface area (Å²) in [5.41, 5.74) is 2.30. The third kappa shape index (κ3) is 2.50. The lowest BCUT2D eigenvalue weighted by Gasteiger charge is -2.21. The van der Waals surface area contributed by atoms with Crippen molar-refractivity contribution in [1.29, 1.82) is 0 Å². The van der Waals surface area contributed by atoms with Crippen molar-refractivity contribution in [3.05, 3.63) is 34.3 Å². The molecule has 1 aliphatic heterocycles. The summed E-state index contributed by atoms with van der Waals surface area (Å²) in [6.45, 7) is 1.54. The molecule has 3 rings (SSSR count). The van der Waals surface area contributed by atoms with Gasteiger partial charge in [0.05, 0.1) is 6.04 Å². The lowest BCUT2D eigenvalue weighted by atomic mass is 10.1. The van der Waals surface area contributed by atoms with Crippen molar-refractivity contribution in [3.63, 3.8) is 0 Å². The van der Waals surface area contributed by atoms with Gasteiger partial charge in [-0.2, -0.15) is 0 Å². The smallest absolute Gasteiger partial charge is 0.317 e. The highest BCUT2D eigenvalue weighted by molar-refractivity contribution is 6.31. The third-order valence-corrected chi connectivity index (χ3v) is 4.70. The second-order valence-corrected chi connectivity index (χ2v) is 6.04. The van der Waals surface area contributed by atoms with Gasteiger partial charge in [0, 0.05) is 30.6 Å². The standard InChI is InChI=1S/C15H19ClN2O2/c16-13-3-1-2-12-11(13)4-5-14(12)17-15(20)18-7-6-10(8-18)9-19/h1-3,10,14,19H,4-9H2,(H,17,20). The molecule has 1 heterocycles. The van der Waals surface area contributed by atoms with E-state index < -0.39 is 0 Å². The van der Waals surface area contributed by atoms with E-state index in [0.29, 0.717) is 6.54 Å². The molecule has 4 nitrogen and oxygen atoms in total. The number of carbonyl (C=O) groups is 1. The van der Waals surface area contributed by atoms with Crippen molar-refractivity contribution in [2.75, 3.05) is 19.7 Å². The zero-order valence-electron chi connectivity index (χ0n) is 11.3. The SMILES string of the molecule is O=C(NC1CCc2c(Cl)cccc21)N1CCC(CO)C1. The van der Waals surface area contributed by atoms with Crippen molar-refractivity contribution in [1.82, 2.24) is 10.2 Å². The first kappa shape index (κ1) is 13.7. The zero-order chi connectivity index (χ0) is 14.1. The van der Waals surface area contributed by atoms with E-state index in [2.05, 4.69) is 5.32 Å². The quantitative estimate of drug-likeness (QED) is 0.880. The van der Waals surface area contributed by atoms with Gasteiger partial charge in [-0.05, 0) is 36.5 Å². The van der Waals surface area contributed by atoms with Gasteiger partial charge in [0.2, 0.25) is 0 Å². The van der Waals surface area contributed by atoms with E-state index >= 15 is 0 Å². The first-order valence-electron chi connectivity index (χ1n) is 7.12. The largest absolute Gasteiger partial charge is 0.396 e. The number of benzene rings is 1. The summed E-state index contributed by atoms with van der Waals surface area (Å²) in [7, 11) is 0. The van der Waals surface area contributed by atoms with Crippen molar-refractivity contribution in [3.8, 4) is 0 Å². The lowest BCUT2D eigenvalue weighted by Crippen LogP contribution is -2.40. The molecule has 1 saturated heterocycles. The predicted octanol–water partition coefficient (Wildman–Crippen LogP) is 2.35. The Hall–Kier alpha value is -1.26. The van der Waals surface area contributed by atoms with Gasteiger partial charge in [-0.1, -0.05) is 23.7 Å². The van der Waals surface area contributed by atoms with Crippen molar-refractivity contribution in [2.24, 2.45) is 5.92 Å². The minimum Gasteiger partial charge on any atom is -0.396 e. The van der Waals surface area contributed by atoms with E-state index in [1.807, 2.05) is 18.2 Å². The summed E-state index contributed by atoms with van der Waals surface area (Å²) in [6, 6.07) is 5.91. The molecule has 5 heteroatoms. The molecule has 2 amide bonds. The van der Waals surface area contributed by atoms with E-state index in [4.69, 9.17) is 16.7 Å². The Morgan fingerprint density at radius 1 is 1.45 bits per heavy atom. The minimum atomic E-state index is -0.0289. The van der Waals surface area contributed by atoms with Crippen LogP contribution in [0.3, 0.4) is 0 Å². The highest BCUT2D eigenvalue weighted by Gasteiger charge is 2.30. The molecule has 1 aromatic carbocycles. The number of nitrogens with zero attached hydrogens (tertiary/aromatic N) is 1. The second kappa shape index (κ2) is 5.62. The van der Waals surface area contributed by atoms with E-state index in [-0.39, 0.29) is 24.6 Å². The maximum Gasteiger partial charge on any atom is 0.317 e. The molecule has 2 atom stereocenters. The molecule has 0 radical (unpaired) electrons. The van der Waals surface area contributed by atoms with Crippen LogP contribution in [-0.4, -0.2) is 35.7 Å². The molecule has 1 aliphatic carbocycles. The summed E-state index contributed by atoms with van der Waals surface area (Å²) in [4.78, 5) is 14.1. The molecule has 1 fully saturated rings. The number of aliphatic hydroxyl groups is 1. The molecule has 108 valence electrons. The molecule has 1 aromatic rings. The summed E-state index contributed by atoms with van der Waals surface area (Å²) >= 11 is 6.19. The normalized spacial score (nSPS) is 24.8. The number of fused-ring (bicyclic) bond motifs is 1. The number of urea groups is 1. The fourth-order valence-electron chi connectivity index (χ4n) is 3.17. The topological polar surface area (TPSA) is 52.6 Å². The summed E-state index contributed by atoms with van der Waals surface area (Å²) < 4.78 is 0. The average Bonchev–Trinajstić information content (AvgIpc) is 3.07. The summed E-state index contributed by atoms with van der Waals surface area (Å²) in [6.07, 6.45) is 2.71. The van der Waals surface area contributed by atoms with Crippen molar-refractivity contribution >= 4 is 17.6 Å². The molecule has 0 aromatic heterocycles. The van der Waals surface area contributed by atoms with Gasteiger partial charge in [-0.25, -0.2) is 4.79 Å². The number of likely N-dealkylation sites (tertiary alicyclic amines) is 1. The molecule has 0 spiro atoms. The van der Waals surface area contributed by atoms with Gasteiger partial charge in [-0.3, -0.25) is 0 Å². The average molecular weight is 295 g/mol. The number of hydrogen-bond donors (Lipinski definition) is 2. The number of aliphatic hydroxyl groups excluding tert-OH is 1. The molecular formula is C15H19ClN2O2. The van der Waals surface area contributed by atoms with Crippen LogP contribution in [0.25, 0.3) is 0 Å². The van der Waals surface area contributed by atoms with Crippen LogP contribution in [0, 0.1) is 5.92 Å². The zero-order valence-corrected chi connectivity index (χ0v) is 12.1. The third-order valence-electron chi connectivity index (χ3n) is 4.34. The fraction of sp³-hybridized carbons (Fsp3) is 0.533. The Morgan fingerprint density at radius 3 is 3.05 bits per heavy atom.